The van der Waals surface area contributed by atoms with Crippen LogP contribution in [0.3, 0.4) is 0 Å². The molecule has 1 N–H and O–H groups in total. The zero-order valence-electron chi connectivity index (χ0n) is 13.7. The highest BCUT2D eigenvalue weighted by molar-refractivity contribution is 8.00. The van der Waals surface area contributed by atoms with Crippen LogP contribution in [-0.2, 0) is 25.5 Å². The van der Waals surface area contributed by atoms with Crippen molar-refractivity contribution in [2.75, 3.05) is 6.61 Å². The smallest absolute Gasteiger partial charge is 0.354 e. The van der Waals surface area contributed by atoms with E-state index in [1.165, 1.54) is 22.9 Å². The first kappa shape index (κ1) is 20.7. The van der Waals surface area contributed by atoms with Crippen LogP contribution < -0.4 is 5.32 Å². The zero-order valence-corrected chi connectivity index (χ0v) is 17.6. The van der Waals surface area contributed by atoms with Crippen LogP contribution in [0.15, 0.2) is 18.0 Å². The lowest BCUT2D eigenvalue weighted by Crippen LogP contribution is -2.70. The molecule has 3 heterocycles. The number of fused-ring (bicyclic) bond motifs is 1. The van der Waals surface area contributed by atoms with E-state index >= 15 is 0 Å². The van der Waals surface area contributed by atoms with E-state index in [9.17, 15) is 14.4 Å². The van der Waals surface area contributed by atoms with Gasteiger partial charge >= 0.3 is 5.97 Å². The van der Waals surface area contributed by atoms with Crippen LogP contribution in [-0.4, -0.2) is 58.5 Å². The Morgan fingerprint density at radius 2 is 2.15 bits per heavy atom. The van der Waals surface area contributed by atoms with Gasteiger partial charge in [0.05, 0.1) is 30.0 Å². The molecule has 1 fully saturated rings. The van der Waals surface area contributed by atoms with Crippen molar-refractivity contribution in [1.29, 1.82) is 0 Å². The average Bonchev–Trinajstić information content (AvgIpc) is 3.09. The van der Waals surface area contributed by atoms with E-state index in [4.69, 9.17) is 39.5 Å². The second kappa shape index (κ2) is 8.12. The summed E-state index contributed by atoms with van der Waals surface area (Å²) < 4.78 is 11.0. The lowest BCUT2D eigenvalue weighted by atomic mass is 10.0. The number of β-lactam (4-membered cyclic amide) rings is 1. The molecule has 0 aromatic carbocycles. The summed E-state index contributed by atoms with van der Waals surface area (Å²) in [5, 5.41) is 2.20. The quantitative estimate of drug-likeness (QED) is 0.396. The van der Waals surface area contributed by atoms with Crippen LogP contribution in [0.5, 0.6) is 0 Å². The van der Waals surface area contributed by atoms with Gasteiger partial charge in [0.25, 0.3) is 5.91 Å². The first-order chi connectivity index (χ1) is 12.7. The molecule has 3 rings (SSSR count). The van der Waals surface area contributed by atoms with Crippen molar-refractivity contribution in [3.05, 3.63) is 23.7 Å². The maximum atomic E-state index is 12.5. The lowest BCUT2D eigenvalue weighted by Gasteiger charge is -2.49. The van der Waals surface area contributed by atoms with E-state index in [1.54, 1.807) is 6.08 Å². The summed E-state index contributed by atoms with van der Waals surface area (Å²) in [6.07, 6.45) is 3.14. The summed E-state index contributed by atoms with van der Waals surface area (Å²) in [7, 11) is 0. The highest BCUT2D eigenvalue weighted by Gasteiger charge is 2.54. The maximum absolute atomic E-state index is 12.5. The van der Waals surface area contributed by atoms with Crippen molar-refractivity contribution >= 4 is 76.1 Å². The summed E-state index contributed by atoms with van der Waals surface area (Å²) >= 11 is 19.2. The van der Waals surface area contributed by atoms with Gasteiger partial charge in [-0.05, 0) is 13.0 Å². The molecule has 1 aromatic rings. The van der Waals surface area contributed by atoms with Crippen molar-refractivity contribution < 1.29 is 19.1 Å². The molecule has 27 heavy (non-hydrogen) atoms. The second-order valence-corrected chi connectivity index (χ2v) is 10.4. The number of nitrogens with zero attached hydrogens (tertiary/aromatic N) is 3. The average molecular weight is 472 g/mol. The third-order valence-electron chi connectivity index (χ3n) is 3.69. The Morgan fingerprint density at radius 3 is 2.78 bits per heavy atom. The zero-order chi connectivity index (χ0) is 19.8. The maximum Gasteiger partial charge on any atom is 0.354 e. The summed E-state index contributed by atoms with van der Waals surface area (Å²) in [6, 6.07) is -0.735. The number of hydrogen-bond donors (Lipinski definition) is 1. The number of amides is 2. The Balaban J connectivity index is 1.64. The molecule has 3 atom stereocenters. The first-order valence-electron chi connectivity index (χ1n) is 7.66. The number of thioether (sulfide) groups is 1. The van der Waals surface area contributed by atoms with Gasteiger partial charge in [-0.15, -0.1) is 11.8 Å². The van der Waals surface area contributed by atoms with Gasteiger partial charge in [-0.25, -0.2) is 4.79 Å². The number of hydrogen-bond acceptors (Lipinski definition) is 8. The number of nitrogens with one attached hydrogen (secondary N) is 1. The number of ether oxygens (including phenoxy) is 1. The minimum Gasteiger partial charge on any atom is -0.456 e. The van der Waals surface area contributed by atoms with E-state index in [0.29, 0.717) is 5.69 Å². The van der Waals surface area contributed by atoms with E-state index in [1.807, 2.05) is 6.92 Å². The molecule has 0 bridgehead atoms. The van der Waals surface area contributed by atoms with Crippen molar-refractivity contribution in [1.82, 2.24) is 19.0 Å². The summed E-state index contributed by atoms with van der Waals surface area (Å²) in [5.74, 6) is -1.50. The molecule has 8 nitrogen and oxygen atoms in total. The molecular weight excluding hydrogens is 459 g/mol. The number of aromatic nitrogens is 2. The van der Waals surface area contributed by atoms with Crippen LogP contribution in [0.2, 0.25) is 0 Å². The Bertz CT molecular complexity index is 784. The molecule has 0 saturated carbocycles. The SMILES string of the molecule is CC1C=C(C(=O)OCC(Cl)(Cl)Cl)N2C(=O)C(NC(=O)Cc3cnsn3)[C@@H]2S1. The highest BCUT2D eigenvalue weighted by atomic mass is 35.6. The van der Waals surface area contributed by atoms with Gasteiger partial charge in [0, 0.05) is 5.25 Å². The van der Waals surface area contributed by atoms with Crippen molar-refractivity contribution in [3.63, 3.8) is 0 Å². The Morgan fingerprint density at radius 1 is 1.41 bits per heavy atom. The number of rotatable bonds is 5. The molecule has 13 heteroatoms. The van der Waals surface area contributed by atoms with Gasteiger partial charge in [-0.3, -0.25) is 14.5 Å². The molecule has 1 aromatic heterocycles. The number of alkyl halides is 3. The van der Waals surface area contributed by atoms with E-state index in [0.717, 1.165) is 11.7 Å². The molecule has 2 amide bonds. The molecule has 1 saturated heterocycles. The van der Waals surface area contributed by atoms with Gasteiger partial charge in [-0.2, -0.15) is 8.75 Å². The van der Waals surface area contributed by atoms with E-state index in [2.05, 4.69) is 14.1 Å². The first-order valence-corrected chi connectivity index (χ1v) is 10.5. The number of esters is 1. The third kappa shape index (κ3) is 4.86. The normalized spacial score (nSPS) is 24.6. The van der Waals surface area contributed by atoms with Gasteiger partial charge < -0.3 is 10.1 Å². The molecule has 146 valence electrons. The summed E-state index contributed by atoms with van der Waals surface area (Å²) in [6.45, 7) is 1.43. The minimum atomic E-state index is -1.75. The Labute approximate surface area is 177 Å². The van der Waals surface area contributed by atoms with Gasteiger partial charge in [0.2, 0.25) is 9.70 Å². The van der Waals surface area contributed by atoms with E-state index < -0.39 is 33.7 Å². The molecule has 2 aliphatic rings. The van der Waals surface area contributed by atoms with Crippen LogP contribution in [0.25, 0.3) is 0 Å². The largest absolute Gasteiger partial charge is 0.456 e. The molecule has 2 aliphatic heterocycles. The minimum absolute atomic E-state index is 0.0290. The fraction of sp³-hybridized carbons (Fsp3) is 0.500. The Kier molecular flexibility index (Phi) is 6.21. The third-order valence-corrected chi connectivity index (χ3v) is 5.86. The van der Waals surface area contributed by atoms with Gasteiger partial charge in [-0.1, -0.05) is 34.8 Å². The lowest BCUT2D eigenvalue weighted by molar-refractivity contribution is -0.152. The monoisotopic (exact) mass is 470 g/mol. The highest BCUT2D eigenvalue weighted by Crippen LogP contribution is 2.41. The van der Waals surface area contributed by atoms with Crippen LogP contribution in [0.4, 0.5) is 0 Å². The van der Waals surface area contributed by atoms with Gasteiger partial charge in [0.15, 0.2) is 0 Å². The molecule has 0 aliphatic carbocycles. The second-order valence-electron chi connectivity index (χ2n) is 5.80. The molecule has 0 radical (unpaired) electrons. The standard InChI is InChI=1S/C14H13Cl3N4O4S2/c1-6-2-8(13(24)25-5-14(15,16)17)21-11(23)10(12(21)26-6)19-9(22)3-7-4-18-27-20-7/h2,4,6,10,12H,3,5H2,1H3,(H,19,22)/t6?,10?,12-/m0/s1. The summed E-state index contributed by atoms with van der Waals surface area (Å²) in [4.78, 5) is 38.2. The van der Waals surface area contributed by atoms with Crippen LogP contribution >= 0.6 is 58.3 Å². The number of carbonyl (C=O) groups excluding carboxylic acids is 3. The predicted molar refractivity (Wildman–Crippen MR) is 103 cm³/mol. The predicted octanol–water partition coefficient (Wildman–Crippen LogP) is 1.67. The van der Waals surface area contributed by atoms with Crippen LogP contribution in [0, 0.1) is 0 Å². The topological polar surface area (TPSA) is 101 Å². The fourth-order valence-corrected chi connectivity index (χ4v) is 4.52. The van der Waals surface area contributed by atoms with E-state index in [-0.39, 0.29) is 23.3 Å². The van der Waals surface area contributed by atoms with Crippen molar-refractivity contribution in [2.45, 2.75) is 33.8 Å². The molecular formula is C14H13Cl3N4O4S2. The Hall–Kier alpha value is -1.07. The fourth-order valence-electron chi connectivity index (χ4n) is 2.59. The number of carbonyl (C=O) groups is 3. The molecule has 2 unspecified atom stereocenters. The van der Waals surface area contributed by atoms with Crippen molar-refractivity contribution in [3.8, 4) is 0 Å². The molecule has 0 spiro atoms. The number of halogens is 3. The van der Waals surface area contributed by atoms with Gasteiger partial charge in [0.1, 0.15) is 23.7 Å². The van der Waals surface area contributed by atoms with Crippen LogP contribution in [0.1, 0.15) is 12.6 Å². The summed E-state index contributed by atoms with van der Waals surface area (Å²) in [5.41, 5.74) is 0.612. The van der Waals surface area contributed by atoms with Crippen molar-refractivity contribution in [2.24, 2.45) is 0 Å².